The third-order valence-electron chi connectivity index (χ3n) is 2.60. The number of anilines is 1. The zero-order chi connectivity index (χ0) is 14.8. The minimum atomic E-state index is -4.45. The highest BCUT2D eigenvalue weighted by Crippen LogP contribution is 2.36. The molecule has 0 saturated heterocycles. The number of aryl methyl sites for hydroxylation is 1. The van der Waals surface area contributed by atoms with Crippen molar-refractivity contribution in [2.45, 2.75) is 20.0 Å². The maximum atomic E-state index is 13.0. The Bertz CT molecular complexity index is 611. The van der Waals surface area contributed by atoms with E-state index in [9.17, 15) is 13.2 Å². The molecule has 2 aromatic heterocycles. The zero-order valence-electron chi connectivity index (χ0n) is 11.0. The molecule has 0 amide bonds. The van der Waals surface area contributed by atoms with Gasteiger partial charge in [-0.1, -0.05) is 0 Å². The van der Waals surface area contributed by atoms with E-state index in [1.807, 2.05) is 6.92 Å². The highest BCUT2D eigenvalue weighted by molar-refractivity contribution is 5.66. The summed E-state index contributed by atoms with van der Waals surface area (Å²) >= 11 is 0. The molecule has 2 aromatic rings. The summed E-state index contributed by atoms with van der Waals surface area (Å²) in [6.45, 7) is 4.13. The molecule has 0 atom stereocenters. The van der Waals surface area contributed by atoms with Gasteiger partial charge in [0, 0.05) is 30.6 Å². The predicted molar refractivity (Wildman–Crippen MR) is 69.2 cm³/mol. The summed E-state index contributed by atoms with van der Waals surface area (Å²) in [5, 5.41) is 2.96. The van der Waals surface area contributed by atoms with Crippen LogP contribution in [0.5, 0.6) is 0 Å². The first-order valence-electron chi connectivity index (χ1n) is 6.03. The van der Waals surface area contributed by atoms with Gasteiger partial charge in [0.2, 0.25) is 0 Å². The van der Waals surface area contributed by atoms with Gasteiger partial charge in [0.05, 0.1) is 11.3 Å². The number of hydrogen-bond donors (Lipinski definition) is 1. The van der Waals surface area contributed by atoms with Crippen LogP contribution in [0.25, 0.3) is 11.3 Å². The van der Waals surface area contributed by atoms with E-state index in [0.717, 1.165) is 12.3 Å². The van der Waals surface area contributed by atoms with Gasteiger partial charge in [-0.3, -0.25) is 4.98 Å². The fourth-order valence-electron chi connectivity index (χ4n) is 1.82. The molecule has 0 radical (unpaired) electrons. The van der Waals surface area contributed by atoms with Crippen LogP contribution in [0.15, 0.2) is 24.5 Å². The van der Waals surface area contributed by atoms with Crippen LogP contribution in [-0.4, -0.2) is 21.5 Å². The molecule has 1 N–H and O–H groups in total. The molecule has 2 heterocycles. The van der Waals surface area contributed by atoms with Gasteiger partial charge >= 0.3 is 6.18 Å². The van der Waals surface area contributed by atoms with Crippen molar-refractivity contribution in [2.24, 2.45) is 0 Å². The van der Waals surface area contributed by atoms with E-state index in [2.05, 4.69) is 20.3 Å². The first kappa shape index (κ1) is 14.2. The fraction of sp³-hybridized carbons (Fsp3) is 0.308. The molecule has 0 aliphatic heterocycles. The average Bonchev–Trinajstić information content (AvgIpc) is 2.37. The van der Waals surface area contributed by atoms with Crippen molar-refractivity contribution >= 4 is 5.82 Å². The predicted octanol–water partition coefficient (Wildman–Crippen LogP) is 3.30. The Morgan fingerprint density at radius 1 is 1.25 bits per heavy atom. The molecule has 0 fully saturated rings. The van der Waals surface area contributed by atoms with Crippen molar-refractivity contribution in [3.8, 4) is 11.3 Å². The number of hydrogen-bond acceptors (Lipinski definition) is 4. The maximum absolute atomic E-state index is 13.0. The van der Waals surface area contributed by atoms with Gasteiger partial charge in [-0.25, -0.2) is 9.97 Å². The average molecular weight is 282 g/mol. The van der Waals surface area contributed by atoms with E-state index in [-0.39, 0.29) is 11.3 Å². The van der Waals surface area contributed by atoms with Crippen LogP contribution in [0.3, 0.4) is 0 Å². The molecule has 0 spiro atoms. The molecule has 0 bridgehead atoms. The van der Waals surface area contributed by atoms with Crippen molar-refractivity contribution in [3.63, 3.8) is 0 Å². The summed E-state index contributed by atoms with van der Waals surface area (Å²) in [4.78, 5) is 11.9. The summed E-state index contributed by atoms with van der Waals surface area (Å²) in [7, 11) is 0. The van der Waals surface area contributed by atoms with Gasteiger partial charge in [0.1, 0.15) is 11.6 Å². The third kappa shape index (κ3) is 3.04. The lowest BCUT2D eigenvalue weighted by molar-refractivity contribution is -0.137. The second kappa shape index (κ2) is 5.44. The molecule has 106 valence electrons. The summed E-state index contributed by atoms with van der Waals surface area (Å²) in [5.41, 5.74) is -0.605. The Hall–Kier alpha value is -2.18. The lowest BCUT2D eigenvalue weighted by Crippen LogP contribution is -2.09. The van der Waals surface area contributed by atoms with Crippen molar-refractivity contribution in [2.75, 3.05) is 11.9 Å². The van der Waals surface area contributed by atoms with Crippen LogP contribution >= 0.6 is 0 Å². The van der Waals surface area contributed by atoms with Crippen molar-refractivity contribution in [1.29, 1.82) is 0 Å². The molecule has 0 unspecified atom stereocenters. The SMILES string of the molecule is CCNc1cc(-c2cnccc2C(F)(F)F)nc(C)n1. The minimum absolute atomic E-state index is 0.0512. The van der Waals surface area contributed by atoms with Gasteiger partial charge in [-0.05, 0) is 19.9 Å². The molecule has 0 saturated carbocycles. The number of halogens is 3. The van der Waals surface area contributed by atoms with Crippen LogP contribution in [0.4, 0.5) is 19.0 Å². The van der Waals surface area contributed by atoms with Crippen molar-refractivity contribution < 1.29 is 13.2 Å². The lowest BCUT2D eigenvalue weighted by Gasteiger charge is -2.13. The second-order valence-electron chi connectivity index (χ2n) is 4.13. The molecule has 2 rings (SSSR count). The smallest absolute Gasteiger partial charge is 0.370 e. The Balaban J connectivity index is 2.57. The number of nitrogens with one attached hydrogen (secondary N) is 1. The quantitative estimate of drug-likeness (QED) is 0.938. The molecular formula is C13H13F3N4. The topological polar surface area (TPSA) is 50.7 Å². The third-order valence-corrected chi connectivity index (χ3v) is 2.60. The summed E-state index contributed by atoms with van der Waals surface area (Å²) in [5.74, 6) is 0.891. The van der Waals surface area contributed by atoms with Gasteiger partial charge < -0.3 is 5.32 Å². The summed E-state index contributed by atoms with van der Waals surface area (Å²) in [6.07, 6.45) is -2.17. The summed E-state index contributed by atoms with van der Waals surface area (Å²) in [6, 6.07) is 2.43. The zero-order valence-corrected chi connectivity index (χ0v) is 11.0. The monoisotopic (exact) mass is 282 g/mol. The van der Waals surface area contributed by atoms with Gasteiger partial charge in [-0.15, -0.1) is 0 Å². The Morgan fingerprint density at radius 2 is 2.00 bits per heavy atom. The van der Waals surface area contributed by atoms with Gasteiger partial charge in [0.15, 0.2) is 0 Å². The standard InChI is InChI=1S/C13H13F3N4/c1-3-18-12-6-11(19-8(2)20-12)9-7-17-5-4-10(9)13(14,15)16/h4-7H,3H2,1-2H3,(H,18,19,20). The molecule has 4 nitrogen and oxygen atoms in total. The first-order chi connectivity index (χ1) is 9.41. The Morgan fingerprint density at radius 3 is 2.65 bits per heavy atom. The van der Waals surface area contributed by atoms with Crippen LogP contribution in [0.2, 0.25) is 0 Å². The van der Waals surface area contributed by atoms with E-state index in [1.54, 1.807) is 6.92 Å². The molecule has 7 heteroatoms. The van der Waals surface area contributed by atoms with E-state index < -0.39 is 11.7 Å². The Kier molecular flexibility index (Phi) is 3.87. The largest absolute Gasteiger partial charge is 0.417 e. The van der Waals surface area contributed by atoms with Crippen LogP contribution < -0.4 is 5.32 Å². The maximum Gasteiger partial charge on any atom is 0.417 e. The second-order valence-corrected chi connectivity index (χ2v) is 4.13. The molecule has 0 aliphatic carbocycles. The van der Waals surface area contributed by atoms with E-state index >= 15 is 0 Å². The number of pyridine rings is 1. The first-order valence-corrected chi connectivity index (χ1v) is 6.03. The normalized spacial score (nSPS) is 11.4. The fourth-order valence-corrected chi connectivity index (χ4v) is 1.82. The summed E-state index contributed by atoms with van der Waals surface area (Å²) < 4.78 is 39.0. The lowest BCUT2D eigenvalue weighted by atomic mass is 10.1. The van der Waals surface area contributed by atoms with E-state index in [4.69, 9.17) is 0 Å². The number of nitrogens with zero attached hydrogens (tertiary/aromatic N) is 3. The molecule has 0 aliphatic rings. The Labute approximate surface area is 114 Å². The highest BCUT2D eigenvalue weighted by Gasteiger charge is 2.34. The minimum Gasteiger partial charge on any atom is -0.370 e. The highest BCUT2D eigenvalue weighted by atomic mass is 19.4. The van der Waals surface area contributed by atoms with Crippen LogP contribution in [0, 0.1) is 6.92 Å². The molecular weight excluding hydrogens is 269 g/mol. The van der Waals surface area contributed by atoms with E-state index in [1.165, 1.54) is 12.3 Å². The number of rotatable bonds is 3. The van der Waals surface area contributed by atoms with Gasteiger partial charge in [-0.2, -0.15) is 13.2 Å². The molecule has 20 heavy (non-hydrogen) atoms. The van der Waals surface area contributed by atoms with Crippen molar-refractivity contribution in [1.82, 2.24) is 15.0 Å². The number of aromatic nitrogens is 3. The van der Waals surface area contributed by atoms with Gasteiger partial charge in [0.25, 0.3) is 0 Å². The van der Waals surface area contributed by atoms with Crippen LogP contribution in [-0.2, 0) is 6.18 Å². The van der Waals surface area contributed by atoms with E-state index in [0.29, 0.717) is 18.2 Å². The number of alkyl halides is 3. The molecule has 0 aromatic carbocycles. The van der Waals surface area contributed by atoms with Crippen molar-refractivity contribution in [3.05, 3.63) is 35.9 Å². The van der Waals surface area contributed by atoms with Crippen LogP contribution in [0.1, 0.15) is 18.3 Å².